The van der Waals surface area contributed by atoms with Gasteiger partial charge < -0.3 is 0 Å². The monoisotopic (exact) mass is 530 g/mol. The van der Waals surface area contributed by atoms with Gasteiger partial charge in [-0.25, -0.2) is 0 Å². The molecule has 0 saturated heterocycles. The number of carbonyl (C=O) groups excluding carboxylic acids is 1. The van der Waals surface area contributed by atoms with Gasteiger partial charge in [-0.05, 0) is 6.42 Å². The molecule has 0 rings (SSSR count). The maximum atomic E-state index is 12.4. The first kappa shape index (κ1) is 30.0. The molecule has 0 fully saturated rings. The van der Waals surface area contributed by atoms with Gasteiger partial charge in [-0.1, -0.05) is 39.0 Å². The van der Waals surface area contributed by atoms with E-state index in [1.807, 2.05) is 0 Å². The Bertz CT molecular complexity index is 389. The summed E-state index contributed by atoms with van der Waals surface area (Å²) in [4.78, 5) is 12.4. The van der Waals surface area contributed by atoms with Crippen LogP contribution >= 0.6 is 0 Å². The van der Waals surface area contributed by atoms with E-state index in [1.165, 1.54) is 110 Å². The third kappa shape index (κ3) is 17.7. The number of hydrogen-bond donors (Lipinski definition) is 0. The molecular formula is C27H54O2Sn. The summed E-state index contributed by atoms with van der Waals surface area (Å²) in [6.45, 7) is 9.01. The van der Waals surface area contributed by atoms with E-state index < -0.39 is 18.8 Å². The zero-order valence-corrected chi connectivity index (χ0v) is 24.0. The molecule has 0 atom stereocenters. The Kier molecular flexibility index (Phi) is 22.2. The Morgan fingerprint density at radius 3 is 1.50 bits per heavy atom. The third-order valence-corrected chi connectivity index (χ3v) is 20.1. The molecule has 178 valence electrons. The summed E-state index contributed by atoms with van der Waals surface area (Å²) >= 11 is -2.66. The number of allylic oxidation sites excluding steroid dienone is 2. The molecule has 0 N–H and O–H groups in total. The second-order valence-electron chi connectivity index (χ2n) is 9.24. The van der Waals surface area contributed by atoms with Crippen molar-refractivity contribution in [2.24, 2.45) is 0 Å². The van der Waals surface area contributed by atoms with Gasteiger partial charge in [0.1, 0.15) is 0 Å². The summed E-state index contributed by atoms with van der Waals surface area (Å²) in [7, 11) is 0. The Balaban J connectivity index is 3.71. The SMILES string of the molecule is CCCCCCCC/C=C\CCCCCCCC(=O)[O][Sn]([CH2]CC)([CH2]CC)[CH2]CC. The van der Waals surface area contributed by atoms with Crippen LogP contribution in [0, 0.1) is 0 Å². The second kappa shape index (κ2) is 22.2. The van der Waals surface area contributed by atoms with Crippen LogP contribution in [0.1, 0.15) is 137 Å². The summed E-state index contributed by atoms with van der Waals surface area (Å²) in [5.41, 5.74) is 0. The zero-order chi connectivity index (χ0) is 22.3. The van der Waals surface area contributed by atoms with Crippen molar-refractivity contribution in [2.45, 2.75) is 150 Å². The van der Waals surface area contributed by atoms with Gasteiger partial charge in [-0.3, -0.25) is 0 Å². The molecule has 0 amide bonds. The minimum atomic E-state index is -2.66. The van der Waals surface area contributed by atoms with Crippen LogP contribution in [-0.4, -0.2) is 24.8 Å². The van der Waals surface area contributed by atoms with Crippen molar-refractivity contribution in [1.82, 2.24) is 0 Å². The van der Waals surface area contributed by atoms with E-state index in [-0.39, 0.29) is 5.97 Å². The van der Waals surface area contributed by atoms with Crippen LogP contribution in [0.5, 0.6) is 0 Å². The van der Waals surface area contributed by atoms with Crippen LogP contribution in [0.15, 0.2) is 12.2 Å². The molecule has 0 aromatic carbocycles. The van der Waals surface area contributed by atoms with Crippen LogP contribution in [0.4, 0.5) is 0 Å². The number of unbranched alkanes of at least 4 members (excludes halogenated alkanes) is 11. The van der Waals surface area contributed by atoms with Crippen LogP contribution in [0.25, 0.3) is 0 Å². The molecule has 0 aromatic heterocycles. The van der Waals surface area contributed by atoms with Gasteiger partial charge in [0.2, 0.25) is 0 Å². The fourth-order valence-electron chi connectivity index (χ4n) is 4.53. The number of hydrogen-bond acceptors (Lipinski definition) is 2. The van der Waals surface area contributed by atoms with Crippen LogP contribution in [-0.2, 0) is 7.87 Å². The fraction of sp³-hybridized carbons (Fsp3) is 0.889. The Labute approximate surface area is 194 Å². The molecule has 0 aliphatic carbocycles. The van der Waals surface area contributed by atoms with Gasteiger partial charge in [0, 0.05) is 0 Å². The normalized spacial score (nSPS) is 12.0. The number of rotatable bonds is 22. The van der Waals surface area contributed by atoms with E-state index in [0.29, 0.717) is 6.42 Å². The molecular weight excluding hydrogens is 475 g/mol. The number of carbonyl (C=O) groups is 1. The van der Waals surface area contributed by atoms with Crippen LogP contribution in [0.2, 0.25) is 13.3 Å². The van der Waals surface area contributed by atoms with E-state index in [1.54, 1.807) is 0 Å². The van der Waals surface area contributed by atoms with E-state index in [9.17, 15) is 4.79 Å². The van der Waals surface area contributed by atoms with Gasteiger partial charge in [0.05, 0.1) is 0 Å². The average molecular weight is 529 g/mol. The summed E-state index contributed by atoms with van der Waals surface area (Å²) in [5.74, 6) is 0.124. The zero-order valence-electron chi connectivity index (χ0n) is 21.1. The van der Waals surface area contributed by atoms with Crippen LogP contribution < -0.4 is 0 Å². The quantitative estimate of drug-likeness (QED) is 0.0793. The molecule has 3 heteroatoms. The van der Waals surface area contributed by atoms with Crippen molar-refractivity contribution in [2.75, 3.05) is 0 Å². The van der Waals surface area contributed by atoms with Crippen molar-refractivity contribution in [3.63, 3.8) is 0 Å². The Morgan fingerprint density at radius 1 is 0.600 bits per heavy atom. The first-order chi connectivity index (χ1) is 14.6. The van der Waals surface area contributed by atoms with Gasteiger partial charge in [-0.15, -0.1) is 0 Å². The van der Waals surface area contributed by atoms with Gasteiger partial charge in [0.25, 0.3) is 0 Å². The first-order valence-corrected chi connectivity index (χ1v) is 20.7. The predicted molar refractivity (Wildman–Crippen MR) is 137 cm³/mol. The molecule has 0 aliphatic rings. The molecule has 2 nitrogen and oxygen atoms in total. The van der Waals surface area contributed by atoms with Crippen molar-refractivity contribution < 1.29 is 7.87 Å². The summed E-state index contributed by atoms with van der Waals surface area (Å²) in [6, 6.07) is 0. The Morgan fingerprint density at radius 2 is 1.03 bits per heavy atom. The van der Waals surface area contributed by atoms with E-state index >= 15 is 0 Å². The van der Waals surface area contributed by atoms with Gasteiger partial charge in [0.15, 0.2) is 0 Å². The summed E-state index contributed by atoms with van der Waals surface area (Å²) < 4.78 is 9.89. The maximum absolute atomic E-state index is 12.4. The molecule has 0 bridgehead atoms. The molecule has 0 heterocycles. The molecule has 30 heavy (non-hydrogen) atoms. The standard InChI is InChI=1S/C18H34O2.3C3H7.Sn/c1-2-3-4-5-6-7-8-9-10-11-12-13-14-15-16-17-18(19)20;3*1-3-2;/h9-10H,2-8,11-17H2,1H3,(H,19,20);3*1,3H2,2H3;/q;;;;+1/p-1/b10-9-;;;;. The van der Waals surface area contributed by atoms with Crippen molar-refractivity contribution >= 4 is 24.8 Å². The second-order valence-corrected chi connectivity index (χ2v) is 20.9. The average Bonchev–Trinajstić information content (AvgIpc) is 2.71. The van der Waals surface area contributed by atoms with Crippen molar-refractivity contribution in [1.29, 1.82) is 0 Å². The third-order valence-electron chi connectivity index (χ3n) is 6.09. The molecule has 0 aromatic rings. The van der Waals surface area contributed by atoms with Crippen molar-refractivity contribution in [3.8, 4) is 0 Å². The molecule has 0 unspecified atom stereocenters. The van der Waals surface area contributed by atoms with Gasteiger partial charge in [-0.2, -0.15) is 0 Å². The predicted octanol–water partition coefficient (Wildman–Crippen LogP) is 9.74. The molecule has 0 radical (unpaired) electrons. The van der Waals surface area contributed by atoms with Crippen LogP contribution in [0.3, 0.4) is 0 Å². The van der Waals surface area contributed by atoms with Crippen molar-refractivity contribution in [3.05, 3.63) is 12.2 Å². The Hall–Kier alpha value is 0.00870. The fourth-order valence-corrected chi connectivity index (χ4v) is 17.0. The molecule has 0 spiro atoms. The topological polar surface area (TPSA) is 26.3 Å². The summed E-state index contributed by atoms with van der Waals surface area (Å²) in [6.07, 6.45) is 25.8. The summed E-state index contributed by atoms with van der Waals surface area (Å²) in [5, 5.41) is 0. The molecule has 0 saturated carbocycles. The van der Waals surface area contributed by atoms with Gasteiger partial charge >= 0.3 is 149 Å². The first-order valence-electron chi connectivity index (χ1n) is 13.5. The van der Waals surface area contributed by atoms with E-state index in [0.717, 1.165) is 6.42 Å². The van der Waals surface area contributed by atoms with E-state index in [4.69, 9.17) is 3.07 Å². The minimum absolute atomic E-state index is 0.124. The van der Waals surface area contributed by atoms with E-state index in [2.05, 4.69) is 39.8 Å². The molecule has 0 aliphatic heterocycles.